The van der Waals surface area contributed by atoms with Crippen molar-refractivity contribution in [2.75, 3.05) is 6.54 Å². The largest absolute Gasteiger partial charge is 0.199 e. The number of nitrogens with zero attached hydrogens (tertiary/aromatic N) is 1. The van der Waals surface area contributed by atoms with Gasteiger partial charge in [-0.1, -0.05) is 32.0 Å². The second kappa shape index (κ2) is 4.87. The first-order chi connectivity index (χ1) is 8.27. The highest BCUT2D eigenvalue weighted by atomic mass is 15.0. The van der Waals surface area contributed by atoms with Gasteiger partial charge in [0, 0.05) is 24.5 Å². The van der Waals surface area contributed by atoms with E-state index in [4.69, 9.17) is 0 Å². The molecule has 0 radical (unpaired) electrons. The lowest BCUT2D eigenvalue weighted by atomic mass is 9.95. The molecular weight excluding hydrogens is 206 g/mol. The smallest absolute Gasteiger partial charge is 0.193 e. The summed E-state index contributed by atoms with van der Waals surface area (Å²) in [5.41, 5.74) is 7.51. The van der Waals surface area contributed by atoms with Gasteiger partial charge in [-0.15, -0.1) is 0 Å². The van der Waals surface area contributed by atoms with Crippen LogP contribution in [0.25, 0.3) is 0 Å². The molecule has 0 N–H and O–H groups in total. The van der Waals surface area contributed by atoms with Gasteiger partial charge in [-0.3, -0.25) is 0 Å². The molecule has 0 saturated carbocycles. The molecule has 0 bridgehead atoms. The van der Waals surface area contributed by atoms with Crippen molar-refractivity contribution in [1.29, 1.82) is 0 Å². The van der Waals surface area contributed by atoms with Gasteiger partial charge < -0.3 is 0 Å². The number of hydrogen-bond donors (Lipinski definition) is 0. The molecule has 0 atom stereocenters. The minimum absolute atomic E-state index is 1.14. The van der Waals surface area contributed by atoms with Crippen molar-refractivity contribution in [2.24, 2.45) is 0 Å². The van der Waals surface area contributed by atoms with E-state index in [0.29, 0.717) is 0 Å². The summed E-state index contributed by atoms with van der Waals surface area (Å²) in [7, 11) is 0. The summed E-state index contributed by atoms with van der Waals surface area (Å²) in [6.45, 7) is 9.66. The molecule has 0 aliphatic carbocycles. The zero-order valence-corrected chi connectivity index (χ0v) is 11.4. The lowest BCUT2D eigenvalue weighted by molar-refractivity contribution is -0.474. The Hall–Kier alpha value is -1.37. The normalized spacial score (nSPS) is 17.4. The van der Waals surface area contributed by atoms with Crippen LogP contribution in [0.4, 0.5) is 0 Å². The summed E-state index contributed by atoms with van der Waals surface area (Å²) in [6, 6.07) is 8.83. The maximum Gasteiger partial charge on any atom is 0.193 e. The maximum absolute atomic E-state index is 2.50. The molecule has 1 aromatic rings. The number of allylic oxidation sites excluding steroid dienone is 2. The summed E-state index contributed by atoms with van der Waals surface area (Å²) in [4.78, 5) is 0. The molecular formula is C16H22N+. The van der Waals surface area contributed by atoms with Crippen LogP contribution in [0.1, 0.15) is 45.2 Å². The van der Waals surface area contributed by atoms with Crippen molar-refractivity contribution in [3.63, 3.8) is 0 Å². The minimum Gasteiger partial charge on any atom is -0.199 e. The topological polar surface area (TPSA) is 3.01 Å². The third-order valence-electron chi connectivity index (χ3n) is 3.71. The maximum atomic E-state index is 2.50. The summed E-state index contributed by atoms with van der Waals surface area (Å²) in [5.74, 6) is 0. The van der Waals surface area contributed by atoms with Gasteiger partial charge >= 0.3 is 0 Å². The highest BCUT2D eigenvalue weighted by molar-refractivity contribution is 6.01. The van der Waals surface area contributed by atoms with Gasteiger partial charge in [0.25, 0.3) is 0 Å². The molecule has 0 saturated heterocycles. The zero-order chi connectivity index (χ0) is 12.4. The summed E-state index contributed by atoms with van der Waals surface area (Å²) < 4.78 is 2.50. The summed E-state index contributed by atoms with van der Waals surface area (Å²) >= 11 is 0. The van der Waals surface area contributed by atoms with Gasteiger partial charge in [-0.2, -0.15) is 4.58 Å². The zero-order valence-electron chi connectivity index (χ0n) is 11.4. The van der Waals surface area contributed by atoms with Crippen molar-refractivity contribution in [1.82, 2.24) is 0 Å². The molecule has 0 aromatic heterocycles. The van der Waals surface area contributed by atoms with Crippen LogP contribution in [0.2, 0.25) is 0 Å². The van der Waals surface area contributed by atoms with Crippen molar-refractivity contribution in [2.45, 2.75) is 40.5 Å². The molecule has 2 aliphatic rings. The van der Waals surface area contributed by atoms with E-state index >= 15 is 0 Å². The second-order valence-electron chi connectivity index (χ2n) is 4.55. The second-order valence-corrected chi connectivity index (χ2v) is 4.55. The van der Waals surface area contributed by atoms with E-state index in [1.54, 1.807) is 0 Å². The molecule has 2 aliphatic heterocycles. The van der Waals surface area contributed by atoms with E-state index in [1.807, 2.05) is 13.8 Å². The van der Waals surface area contributed by atoms with Crippen LogP contribution in [0.3, 0.4) is 0 Å². The molecule has 1 heteroatoms. The van der Waals surface area contributed by atoms with Crippen molar-refractivity contribution in [3.8, 4) is 0 Å². The fourth-order valence-corrected chi connectivity index (χ4v) is 2.70. The fraction of sp³-hybridized carbons (Fsp3) is 0.438. The molecule has 0 unspecified atom stereocenters. The summed E-state index contributed by atoms with van der Waals surface area (Å²) in [6.07, 6.45) is 2.33. The van der Waals surface area contributed by atoms with Gasteiger partial charge in [0.2, 0.25) is 0 Å². The van der Waals surface area contributed by atoms with E-state index in [1.165, 1.54) is 34.5 Å². The van der Waals surface area contributed by atoms with Crippen molar-refractivity contribution < 1.29 is 4.58 Å². The Kier molecular flexibility index (Phi) is 3.46. The third kappa shape index (κ3) is 1.95. The van der Waals surface area contributed by atoms with Crippen LogP contribution in [-0.4, -0.2) is 16.8 Å². The first kappa shape index (κ1) is 12.1. The van der Waals surface area contributed by atoms with E-state index < -0.39 is 0 Å². The van der Waals surface area contributed by atoms with Crippen LogP contribution in [0.15, 0.2) is 35.5 Å². The van der Waals surface area contributed by atoms with Gasteiger partial charge in [0.05, 0.1) is 6.42 Å². The number of hydrogen-bond acceptors (Lipinski definition) is 0. The highest BCUT2D eigenvalue weighted by Gasteiger charge is 2.32. The molecule has 2 heterocycles. The number of rotatable bonds is 0. The average molecular weight is 228 g/mol. The predicted octanol–water partition coefficient (Wildman–Crippen LogP) is 3.77. The Morgan fingerprint density at radius 3 is 2.53 bits per heavy atom. The van der Waals surface area contributed by atoms with Gasteiger partial charge in [0.1, 0.15) is 0 Å². The molecule has 1 nitrogen and oxygen atoms in total. The van der Waals surface area contributed by atoms with Crippen molar-refractivity contribution >= 4 is 5.71 Å². The third-order valence-corrected chi connectivity index (χ3v) is 3.71. The predicted molar refractivity (Wildman–Crippen MR) is 73.7 cm³/mol. The van der Waals surface area contributed by atoms with E-state index in [-0.39, 0.29) is 0 Å². The van der Waals surface area contributed by atoms with Crippen LogP contribution < -0.4 is 0 Å². The molecule has 3 rings (SSSR count). The SMILES string of the molecule is CC.CC1=C(C)[N+]2=C(C1)c1ccccc1CC2. The summed E-state index contributed by atoms with van der Waals surface area (Å²) in [5, 5.41) is 0. The first-order valence-electron chi connectivity index (χ1n) is 6.65. The Balaban J connectivity index is 0.000000514. The number of fused-ring (bicyclic) bond motifs is 2. The standard InChI is InChI=1S/C14H16N.C2H6/c1-10-9-14-13-6-4-3-5-12(13)7-8-15(14)11(10)2;1-2/h3-6H,7-9H2,1-2H3;1-2H3/q+1;. The van der Waals surface area contributed by atoms with Crippen LogP contribution in [0.5, 0.6) is 0 Å². The highest BCUT2D eigenvalue weighted by Crippen LogP contribution is 2.27. The van der Waals surface area contributed by atoms with Gasteiger partial charge in [-0.25, -0.2) is 0 Å². The van der Waals surface area contributed by atoms with E-state index in [9.17, 15) is 0 Å². The monoisotopic (exact) mass is 228 g/mol. The molecule has 0 spiro atoms. The fourth-order valence-electron chi connectivity index (χ4n) is 2.70. The molecule has 0 fully saturated rings. The van der Waals surface area contributed by atoms with E-state index in [0.717, 1.165) is 13.0 Å². The average Bonchev–Trinajstić information content (AvgIpc) is 2.68. The number of benzene rings is 1. The van der Waals surface area contributed by atoms with Gasteiger partial charge in [0.15, 0.2) is 18.0 Å². The lowest BCUT2D eigenvalue weighted by Crippen LogP contribution is -2.25. The minimum atomic E-state index is 1.14. The Morgan fingerprint density at radius 2 is 1.76 bits per heavy atom. The Morgan fingerprint density at radius 1 is 1.06 bits per heavy atom. The van der Waals surface area contributed by atoms with E-state index in [2.05, 4.69) is 42.7 Å². The molecule has 90 valence electrons. The van der Waals surface area contributed by atoms with Gasteiger partial charge in [-0.05, 0) is 18.6 Å². The van der Waals surface area contributed by atoms with Crippen LogP contribution in [0, 0.1) is 0 Å². The van der Waals surface area contributed by atoms with Crippen molar-refractivity contribution in [3.05, 3.63) is 46.7 Å². The lowest BCUT2D eigenvalue weighted by Gasteiger charge is -2.13. The first-order valence-corrected chi connectivity index (χ1v) is 6.65. The molecule has 17 heavy (non-hydrogen) atoms. The molecule has 0 amide bonds. The van der Waals surface area contributed by atoms with Crippen LogP contribution in [-0.2, 0) is 6.42 Å². The Labute approximate surface area is 104 Å². The molecule has 1 aromatic carbocycles. The Bertz CT molecular complexity index is 492. The van der Waals surface area contributed by atoms with Crippen LogP contribution >= 0.6 is 0 Å². The quantitative estimate of drug-likeness (QED) is 0.595.